The number of nitrogens with zero attached hydrogens (tertiary/aromatic N) is 5. The number of hydrogen-bond acceptors (Lipinski definition) is 4. The molecular weight excluding hydrogens is 298 g/mol. The standard InChI is InChI=1S/C19H15N5/c1-13(17-8-6-15(11-20)7-9-17)24-14(2)22-23-19(24)18-5-3-4-16(10-18)12-21/h3-10,13H,1-2H3/t13-/m0/s1. The Morgan fingerprint density at radius 3 is 2.33 bits per heavy atom. The van der Waals surface area contributed by atoms with E-state index in [4.69, 9.17) is 10.5 Å². The van der Waals surface area contributed by atoms with Crippen LogP contribution in [-0.4, -0.2) is 14.8 Å². The van der Waals surface area contributed by atoms with Crippen molar-refractivity contribution in [2.75, 3.05) is 0 Å². The molecule has 0 bridgehead atoms. The molecule has 3 rings (SSSR count). The molecule has 116 valence electrons. The summed E-state index contributed by atoms with van der Waals surface area (Å²) in [7, 11) is 0. The molecule has 1 aromatic heterocycles. The van der Waals surface area contributed by atoms with Gasteiger partial charge in [0.15, 0.2) is 5.82 Å². The molecule has 0 fully saturated rings. The largest absolute Gasteiger partial charge is 0.304 e. The molecular formula is C19H15N5. The lowest BCUT2D eigenvalue weighted by Gasteiger charge is -2.18. The van der Waals surface area contributed by atoms with E-state index in [-0.39, 0.29) is 6.04 Å². The van der Waals surface area contributed by atoms with E-state index < -0.39 is 0 Å². The van der Waals surface area contributed by atoms with Crippen LogP contribution in [0.5, 0.6) is 0 Å². The zero-order valence-corrected chi connectivity index (χ0v) is 13.4. The first-order chi connectivity index (χ1) is 11.6. The Balaban J connectivity index is 2.06. The van der Waals surface area contributed by atoms with Gasteiger partial charge in [-0.1, -0.05) is 24.3 Å². The van der Waals surface area contributed by atoms with Gasteiger partial charge in [0, 0.05) is 5.56 Å². The van der Waals surface area contributed by atoms with Crippen molar-refractivity contribution in [3.8, 4) is 23.5 Å². The highest BCUT2D eigenvalue weighted by atomic mass is 15.3. The number of hydrogen-bond donors (Lipinski definition) is 0. The van der Waals surface area contributed by atoms with Gasteiger partial charge in [-0.05, 0) is 43.7 Å². The molecule has 0 amide bonds. The van der Waals surface area contributed by atoms with Crippen molar-refractivity contribution in [2.24, 2.45) is 0 Å². The van der Waals surface area contributed by atoms with Gasteiger partial charge in [0.05, 0.1) is 29.3 Å². The molecule has 0 saturated heterocycles. The molecule has 3 aromatic rings. The fourth-order valence-corrected chi connectivity index (χ4v) is 2.74. The van der Waals surface area contributed by atoms with Gasteiger partial charge in [-0.2, -0.15) is 10.5 Å². The predicted octanol–water partition coefficient (Wildman–Crippen LogP) is 3.61. The zero-order valence-electron chi connectivity index (χ0n) is 13.4. The van der Waals surface area contributed by atoms with Crippen molar-refractivity contribution in [2.45, 2.75) is 19.9 Å². The Hall–Kier alpha value is -3.44. The molecule has 0 N–H and O–H groups in total. The van der Waals surface area contributed by atoms with Crippen molar-refractivity contribution >= 4 is 0 Å². The first kappa shape index (κ1) is 15.5. The summed E-state index contributed by atoms with van der Waals surface area (Å²) in [6.45, 7) is 3.97. The Kier molecular flexibility index (Phi) is 4.09. The van der Waals surface area contributed by atoms with Gasteiger partial charge in [-0.25, -0.2) is 0 Å². The van der Waals surface area contributed by atoms with E-state index >= 15 is 0 Å². The van der Waals surface area contributed by atoms with Crippen molar-refractivity contribution in [3.63, 3.8) is 0 Å². The second-order valence-corrected chi connectivity index (χ2v) is 5.54. The third kappa shape index (κ3) is 2.76. The van der Waals surface area contributed by atoms with Gasteiger partial charge in [0.2, 0.25) is 0 Å². The monoisotopic (exact) mass is 313 g/mol. The fraction of sp³-hybridized carbons (Fsp3) is 0.158. The summed E-state index contributed by atoms with van der Waals surface area (Å²) in [5.41, 5.74) is 3.14. The topological polar surface area (TPSA) is 78.3 Å². The fourth-order valence-electron chi connectivity index (χ4n) is 2.74. The molecule has 0 aliphatic heterocycles. The number of nitriles is 2. The third-order valence-corrected chi connectivity index (χ3v) is 4.03. The highest BCUT2D eigenvalue weighted by Gasteiger charge is 2.18. The average Bonchev–Trinajstić information content (AvgIpc) is 3.02. The summed E-state index contributed by atoms with van der Waals surface area (Å²) >= 11 is 0. The lowest BCUT2D eigenvalue weighted by atomic mass is 10.1. The summed E-state index contributed by atoms with van der Waals surface area (Å²) in [4.78, 5) is 0. The van der Waals surface area contributed by atoms with E-state index in [0.717, 1.165) is 22.8 Å². The average molecular weight is 313 g/mol. The molecule has 24 heavy (non-hydrogen) atoms. The highest BCUT2D eigenvalue weighted by Crippen LogP contribution is 2.27. The highest BCUT2D eigenvalue weighted by molar-refractivity contribution is 5.58. The van der Waals surface area contributed by atoms with E-state index in [9.17, 15) is 0 Å². The second kappa shape index (κ2) is 6.36. The number of rotatable bonds is 3. The zero-order chi connectivity index (χ0) is 17.1. The van der Waals surface area contributed by atoms with Crippen LogP contribution in [-0.2, 0) is 0 Å². The van der Waals surface area contributed by atoms with E-state index in [2.05, 4.69) is 29.3 Å². The molecule has 5 nitrogen and oxygen atoms in total. The summed E-state index contributed by atoms with van der Waals surface area (Å²) in [5, 5.41) is 26.5. The summed E-state index contributed by atoms with van der Waals surface area (Å²) in [6.07, 6.45) is 0. The third-order valence-electron chi connectivity index (χ3n) is 4.03. The number of benzene rings is 2. The molecule has 0 saturated carbocycles. The smallest absolute Gasteiger partial charge is 0.164 e. The van der Waals surface area contributed by atoms with Crippen LogP contribution in [0.1, 0.15) is 35.5 Å². The Bertz CT molecular complexity index is 955. The Labute approximate surface area is 140 Å². The van der Waals surface area contributed by atoms with Crippen LogP contribution < -0.4 is 0 Å². The maximum Gasteiger partial charge on any atom is 0.164 e. The lowest BCUT2D eigenvalue weighted by molar-refractivity contribution is 0.624. The van der Waals surface area contributed by atoms with Crippen molar-refractivity contribution in [1.29, 1.82) is 10.5 Å². The van der Waals surface area contributed by atoms with Crippen LogP contribution in [0.15, 0.2) is 48.5 Å². The van der Waals surface area contributed by atoms with Gasteiger partial charge in [0.25, 0.3) is 0 Å². The quantitative estimate of drug-likeness (QED) is 0.740. The first-order valence-electron chi connectivity index (χ1n) is 7.56. The van der Waals surface area contributed by atoms with E-state index in [0.29, 0.717) is 11.1 Å². The predicted molar refractivity (Wildman–Crippen MR) is 89.9 cm³/mol. The van der Waals surface area contributed by atoms with Crippen LogP contribution in [0.2, 0.25) is 0 Å². The normalized spacial score (nSPS) is 11.5. The molecule has 1 heterocycles. The Morgan fingerprint density at radius 1 is 0.958 bits per heavy atom. The minimum atomic E-state index is 0.00786. The summed E-state index contributed by atoms with van der Waals surface area (Å²) in [5.74, 6) is 1.52. The van der Waals surface area contributed by atoms with Crippen molar-refractivity contribution < 1.29 is 0 Å². The van der Waals surface area contributed by atoms with Crippen LogP contribution >= 0.6 is 0 Å². The van der Waals surface area contributed by atoms with Crippen molar-refractivity contribution in [1.82, 2.24) is 14.8 Å². The lowest BCUT2D eigenvalue weighted by Crippen LogP contribution is -2.10. The number of aromatic nitrogens is 3. The molecule has 5 heteroatoms. The maximum absolute atomic E-state index is 9.10. The molecule has 0 unspecified atom stereocenters. The molecule has 0 aliphatic carbocycles. The summed E-state index contributed by atoms with van der Waals surface area (Å²) in [6, 6.07) is 19.1. The van der Waals surface area contributed by atoms with Gasteiger partial charge < -0.3 is 4.57 Å². The molecule has 0 spiro atoms. The molecule has 0 aliphatic rings. The maximum atomic E-state index is 9.10. The van der Waals surface area contributed by atoms with Gasteiger partial charge >= 0.3 is 0 Å². The minimum Gasteiger partial charge on any atom is -0.304 e. The van der Waals surface area contributed by atoms with Crippen LogP contribution in [0.4, 0.5) is 0 Å². The van der Waals surface area contributed by atoms with Gasteiger partial charge in [-0.3, -0.25) is 0 Å². The van der Waals surface area contributed by atoms with Crippen LogP contribution in [0.25, 0.3) is 11.4 Å². The van der Waals surface area contributed by atoms with Crippen molar-refractivity contribution in [3.05, 3.63) is 71.0 Å². The number of aryl methyl sites for hydroxylation is 1. The second-order valence-electron chi connectivity index (χ2n) is 5.54. The molecule has 0 radical (unpaired) electrons. The molecule has 1 atom stereocenters. The van der Waals surface area contributed by atoms with E-state index in [1.54, 1.807) is 6.07 Å². The molecule has 2 aromatic carbocycles. The summed E-state index contributed by atoms with van der Waals surface area (Å²) < 4.78 is 2.04. The van der Waals surface area contributed by atoms with Crippen LogP contribution in [0.3, 0.4) is 0 Å². The van der Waals surface area contributed by atoms with Gasteiger partial charge in [0.1, 0.15) is 5.82 Å². The van der Waals surface area contributed by atoms with Gasteiger partial charge in [-0.15, -0.1) is 10.2 Å². The van der Waals surface area contributed by atoms with E-state index in [1.807, 2.05) is 54.0 Å². The Morgan fingerprint density at radius 2 is 1.67 bits per heavy atom. The van der Waals surface area contributed by atoms with Crippen LogP contribution in [0, 0.1) is 29.6 Å². The SMILES string of the molecule is Cc1nnc(-c2cccc(C#N)c2)n1[C@@H](C)c1ccc(C#N)cc1. The van der Waals surface area contributed by atoms with E-state index in [1.165, 1.54) is 0 Å². The minimum absolute atomic E-state index is 0.00786. The first-order valence-corrected chi connectivity index (χ1v) is 7.56.